The molecule has 44 heavy (non-hydrogen) atoms. The second-order valence-corrected chi connectivity index (χ2v) is 11.6. The van der Waals surface area contributed by atoms with Crippen molar-refractivity contribution in [2.45, 2.75) is 45.8 Å². The molecule has 0 aliphatic heterocycles. The van der Waals surface area contributed by atoms with Gasteiger partial charge >= 0.3 is 0 Å². The van der Waals surface area contributed by atoms with Crippen LogP contribution in [0.1, 0.15) is 44.5 Å². The summed E-state index contributed by atoms with van der Waals surface area (Å²) in [6.45, 7) is 5.59. The van der Waals surface area contributed by atoms with Crippen LogP contribution in [0.15, 0.2) is 60.8 Å². The fraction of sp³-hybridized carbons (Fsp3) is 0.406. The van der Waals surface area contributed by atoms with Crippen molar-refractivity contribution in [1.82, 2.24) is 20.1 Å². The van der Waals surface area contributed by atoms with E-state index in [1.165, 1.54) is 4.90 Å². The average Bonchev–Trinajstić information content (AvgIpc) is 3.39. The van der Waals surface area contributed by atoms with Crippen LogP contribution in [0.2, 0.25) is 0 Å². The zero-order valence-electron chi connectivity index (χ0n) is 25.4. The summed E-state index contributed by atoms with van der Waals surface area (Å²) >= 11 is 0. The molecule has 12 heteroatoms. The molecule has 2 atom stereocenters. The lowest BCUT2D eigenvalue weighted by atomic mass is 9.82. The van der Waals surface area contributed by atoms with E-state index in [-0.39, 0.29) is 44.1 Å². The van der Waals surface area contributed by atoms with E-state index in [2.05, 4.69) is 10.6 Å². The molecule has 0 radical (unpaired) electrons. The second kappa shape index (κ2) is 15.6. The molecular weight excluding hydrogens is 570 g/mol. The number of rotatable bonds is 14. The van der Waals surface area contributed by atoms with Crippen molar-refractivity contribution in [3.05, 3.63) is 83.7 Å². The number of nitrogens with two attached hydrogens (primary N) is 2. The fourth-order valence-corrected chi connectivity index (χ4v) is 5.10. The molecule has 3 aromatic rings. The molecule has 0 aliphatic carbocycles. The van der Waals surface area contributed by atoms with Gasteiger partial charge in [0, 0.05) is 49.2 Å². The van der Waals surface area contributed by atoms with Gasteiger partial charge in [0.2, 0.25) is 17.7 Å². The highest BCUT2D eigenvalue weighted by atomic mass is 19.1. The van der Waals surface area contributed by atoms with Gasteiger partial charge in [-0.2, -0.15) is 0 Å². The number of amides is 3. The van der Waals surface area contributed by atoms with Gasteiger partial charge in [-0.05, 0) is 41.7 Å². The quantitative estimate of drug-likeness (QED) is 0.176. The molecule has 0 saturated heterocycles. The molecule has 3 rings (SSSR count). The maximum absolute atomic E-state index is 14.9. The number of carbonyl (C=O) groups excluding carboxylic acids is 3. The normalized spacial score (nSPS) is 12.8. The molecule has 7 N–H and O–H groups in total. The van der Waals surface area contributed by atoms with Crippen molar-refractivity contribution in [3.63, 3.8) is 0 Å². The van der Waals surface area contributed by atoms with E-state index in [1.807, 2.05) is 55.7 Å². The predicted octanol–water partition coefficient (Wildman–Crippen LogP) is 2.30. The first kappa shape index (κ1) is 34.4. The first-order chi connectivity index (χ1) is 20.8. The van der Waals surface area contributed by atoms with Gasteiger partial charge in [0.25, 0.3) is 0 Å². The van der Waals surface area contributed by atoms with Crippen LogP contribution >= 0.6 is 0 Å². The van der Waals surface area contributed by atoms with Crippen molar-refractivity contribution >= 4 is 17.7 Å². The first-order valence-electron chi connectivity index (χ1n) is 14.5. The Balaban J connectivity index is 1.97. The number of carbonyl (C=O) groups is 3. The van der Waals surface area contributed by atoms with Crippen LogP contribution in [0.25, 0.3) is 11.1 Å². The van der Waals surface area contributed by atoms with Crippen LogP contribution in [-0.2, 0) is 20.9 Å². The first-order valence-corrected chi connectivity index (χ1v) is 14.5. The van der Waals surface area contributed by atoms with E-state index >= 15 is 0 Å². The second-order valence-electron chi connectivity index (χ2n) is 11.6. The minimum absolute atomic E-state index is 0.0278. The topological polar surface area (TPSA) is 156 Å². The molecule has 10 nitrogen and oxygen atoms in total. The largest absolute Gasteiger partial charge is 0.387 e. The highest BCUT2D eigenvalue weighted by molar-refractivity contribution is 5.82. The zero-order valence-corrected chi connectivity index (χ0v) is 25.4. The molecule has 2 unspecified atom stereocenters. The summed E-state index contributed by atoms with van der Waals surface area (Å²) in [4.78, 5) is 38.7. The van der Waals surface area contributed by atoms with Gasteiger partial charge in [-0.25, -0.2) is 8.78 Å². The number of nitrogens with zero attached hydrogens (tertiary/aromatic N) is 2. The molecular formula is C32H42F2N6O4. The number of hydrogen-bond donors (Lipinski definition) is 5. The third-order valence-corrected chi connectivity index (χ3v) is 7.18. The number of nitrogens with one attached hydrogen (secondary N) is 2. The molecule has 1 heterocycles. The molecule has 3 amide bonds. The average molecular weight is 613 g/mol. The Morgan fingerprint density at radius 1 is 1.02 bits per heavy atom. The minimum Gasteiger partial charge on any atom is -0.387 e. The van der Waals surface area contributed by atoms with Crippen LogP contribution in [0.3, 0.4) is 0 Å². The molecule has 0 fully saturated rings. The van der Waals surface area contributed by atoms with Crippen molar-refractivity contribution in [1.29, 1.82) is 0 Å². The third-order valence-electron chi connectivity index (χ3n) is 7.18. The summed E-state index contributed by atoms with van der Waals surface area (Å²) in [6.07, 6.45) is 1.80. The Morgan fingerprint density at radius 3 is 2.34 bits per heavy atom. The number of aliphatic hydroxyl groups excluding tert-OH is 1. The standard InChI is InChI=1S/C32H42F2N6O4/c1-32(2,3)30(40(29(43)20-41)14-11-26(36)31(44)38-13-12-37-28(42)17-35)27-15-22(24-16-23(33)9-10-25(24)34)19-39(27)18-21-7-5-4-6-8-21/h4-10,15-16,19,26,30,41H,11-14,17-18,20,35-36H2,1-3H3,(H,37,42)(H,38,44). The molecule has 238 valence electrons. The summed E-state index contributed by atoms with van der Waals surface area (Å²) in [5.41, 5.74) is 12.9. The Bertz CT molecular complexity index is 1420. The lowest BCUT2D eigenvalue weighted by Gasteiger charge is -2.41. The Morgan fingerprint density at radius 2 is 1.70 bits per heavy atom. The Kier molecular flexibility index (Phi) is 12.1. The monoisotopic (exact) mass is 612 g/mol. The van der Waals surface area contributed by atoms with E-state index < -0.39 is 47.6 Å². The van der Waals surface area contributed by atoms with E-state index in [0.717, 1.165) is 23.8 Å². The van der Waals surface area contributed by atoms with Gasteiger partial charge in [-0.1, -0.05) is 51.1 Å². The molecule has 0 bridgehead atoms. The highest BCUT2D eigenvalue weighted by Gasteiger charge is 2.37. The van der Waals surface area contributed by atoms with Crippen molar-refractivity contribution in [2.24, 2.45) is 16.9 Å². The minimum atomic E-state index is -0.983. The highest BCUT2D eigenvalue weighted by Crippen LogP contribution is 2.41. The number of aliphatic hydroxyl groups is 1. The number of aromatic nitrogens is 1. The van der Waals surface area contributed by atoms with E-state index in [4.69, 9.17) is 11.5 Å². The maximum atomic E-state index is 14.9. The predicted molar refractivity (Wildman–Crippen MR) is 164 cm³/mol. The number of benzene rings is 2. The SMILES string of the molecule is CC(C)(C)C(c1cc(-c2cc(F)ccc2F)cn1Cc1ccccc1)N(CCC(N)C(=O)NCCNC(=O)CN)C(=O)CO. The summed E-state index contributed by atoms with van der Waals surface area (Å²) in [6, 6.07) is 12.9. The Labute approximate surface area is 256 Å². The van der Waals surface area contributed by atoms with Crippen LogP contribution in [0, 0.1) is 17.0 Å². The maximum Gasteiger partial charge on any atom is 0.248 e. The lowest BCUT2D eigenvalue weighted by molar-refractivity contribution is -0.140. The Hall–Kier alpha value is -4.13. The summed E-state index contributed by atoms with van der Waals surface area (Å²) in [5, 5.41) is 15.2. The van der Waals surface area contributed by atoms with Crippen LogP contribution < -0.4 is 22.1 Å². The third kappa shape index (κ3) is 9.18. The van der Waals surface area contributed by atoms with Crippen LogP contribution in [-0.4, -0.2) is 71.1 Å². The molecule has 1 aromatic heterocycles. The lowest BCUT2D eigenvalue weighted by Crippen LogP contribution is -2.48. The van der Waals surface area contributed by atoms with Crippen LogP contribution in [0.5, 0.6) is 0 Å². The van der Waals surface area contributed by atoms with Gasteiger partial charge in [-0.15, -0.1) is 0 Å². The van der Waals surface area contributed by atoms with Gasteiger partial charge in [0.05, 0.1) is 18.6 Å². The molecule has 0 saturated carbocycles. The van der Waals surface area contributed by atoms with Gasteiger partial charge in [0.1, 0.15) is 18.2 Å². The molecule has 0 spiro atoms. The van der Waals surface area contributed by atoms with Gasteiger partial charge in [-0.3, -0.25) is 14.4 Å². The molecule has 0 aliphatic rings. The zero-order chi connectivity index (χ0) is 32.4. The van der Waals surface area contributed by atoms with E-state index in [9.17, 15) is 28.3 Å². The molecule has 2 aromatic carbocycles. The smallest absolute Gasteiger partial charge is 0.248 e. The van der Waals surface area contributed by atoms with Gasteiger partial charge < -0.3 is 36.7 Å². The number of hydrogen-bond acceptors (Lipinski definition) is 6. The summed E-state index contributed by atoms with van der Waals surface area (Å²) < 4.78 is 31.0. The summed E-state index contributed by atoms with van der Waals surface area (Å²) in [7, 11) is 0. The van der Waals surface area contributed by atoms with Crippen LogP contribution in [0.4, 0.5) is 8.78 Å². The summed E-state index contributed by atoms with van der Waals surface area (Å²) in [5.74, 6) is -2.57. The number of halogens is 2. The van der Waals surface area contributed by atoms with E-state index in [1.54, 1.807) is 12.3 Å². The van der Waals surface area contributed by atoms with E-state index in [0.29, 0.717) is 17.8 Å². The van der Waals surface area contributed by atoms with Crippen molar-refractivity contribution in [3.8, 4) is 11.1 Å². The van der Waals surface area contributed by atoms with Crippen molar-refractivity contribution in [2.75, 3.05) is 32.8 Å². The fourth-order valence-electron chi connectivity index (χ4n) is 5.10. The van der Waals surface area contributed by atoms with Gasteiger partial charge in [0.15, 0.2) is 0 Å². The van der Waals surface area contributed by atoms with Crippen molar-refractivity contribution < 1.29 is 28.3 Å².